The van der Waals surface area contributed by atoms with E-state index in [1.165, 1.54) is 0 Å². The van der Waals surface area contributed by atoms with Crippen molar-refractivity contribution in [1.82, 2.24) is 4.90 Å². The van der Waals surface area contributed by atoms with Crippen LogP contribution in [-0.4, -0.2) is 35.7 Å². The Bertz CT molecular complexity index is 459. The minimum Gasteiger partial charge on any atom is -0.444 e. The highest BCUT2D eigenvalue weighted by molar-refractivity contribution is 5.69. The summed E-state index contributed by atoms with van der Waals surface area (Å²) < 4.78 is 5.32. The van der Waals surface area contributed by atoms with Gasteiger partial charge in [0.05, 0.1) is 6.04 Å². The second-order valence-corrected chi connectivity index (χ2v) is 6.13. The molecule has 1 amide bonds. The van der Waals surface area contributed by atoms with E-state index in [1.807, 2.05) is 45.0 Å². The highest BCUT2D eigenvalue weighted by Gasteiger charge is 2.33. The smallest absolute Gasteiger partial charge is 0.410 e. The summed E-state index contributed by atoms with van der Waals surface area (Å²) in [7, 11) is 0. The molecule has 1 fully saturated rings. The zero-order valence-corrected chi connectivity index (χ0v) is 12.3. The van der Waals surface area contributed by atoms with E-state index < -0.39 is 5.60 Å². The summed E-state index contributed by atoms with van der Waals surface area (Å²) in [6.07, 6.45) is -0.242. The van der Waals surface area contributed by atoms with Crippen molar-refractivity contribution in [3.8, 4) is 0 Å². The molecule has 20 heavy (non-hydrogen) atoms. The first-order chi connectivity index (χ1) is 9.37. The van der Waals surface area contributed by atoms with Crippen LogP contribution in [0.5, 0.6) is 0 Å². The lowest BCUT2D eigenvalue weighted by atomic mass is 10.1. The fraction of sp³-hybridized carbons (Fsp3) is 0.533. The Balaban J connectivity index is 1.77. The molecule has 1 heterocycles. The van der Waals surface area contributed by atoms with Gasteiger partial charge in [-0.3, -0.25) is 0 Å². The summed E-state index contributed by atoms with van der Waals surface area (Å²) >= 11 is 0. The number of nitrogens with two attached hydrogens (primary N) is 1. The van der Waals surface area contributed by atoms with Crippen molar-refractivity contribution in [1.29, 1.82) is 0 Å². The van der Waals surface area contributed by atoms with Gasteiger partial charge in [0, 0.05) is 25.3 Å². The topological polar surface area (TPSA) is 67.6 Å². The van der Waals surface area contributed by atoms with E-state index in [2.05, 4.69) is 5.32 Å². The molecule has 3 N–H and O–H groups in total. The van der Waals surface area contributed by atoms with Crippen molar-refractivity contribution < 1.29 is 9.53 Å². The van der Waals surface area contributed by atoms with Crippen LogP contribution >= 0.6 is 0 Å². The largest absolute Gasteiger partial charge is 0.444 e. The van der Waals surface area contributed by atoms with Crippen LogP contribution in [-0.2, 0) is 11.3 Å². The Hall–Kier alpha value is -1.75. The van der Waals surface area contributed by atoms with E-state index in [4.69, 9.17) is 10.5 Å². The zero-order chi connectivity index (χ0) is 14.8. The molecule has 0 unspecified atom stereocenters. The zero-order valence-electron chi connectivity index (χ0n) is 12.3. The molecule has 0 radical (unpaired) electrons. The Morgan fingerprint density at radius 1 is 1.35 bits per heavy atom. The van der Waals surface area contributed by atoms with Gasteiger partial charge in [-0.05, 0) is 38.5 Å². The van der Waals surface area contributed by atoms with Crippen molar-refractivity contribution in [3.63, 3.8) is 0 Å². The number of ether oxygens (including phenoxy) is 1. The van der Waals surface area contributed by atoms with Crippen LogP contribution in [0.4, 0.5) is 10.5 Å². The highest BCUT2D eigenvalue weighted by Crippen LogP contribution is 2.19. The van der Waals surface area contributed by atoms with E-state index in [1.54, 1.807) is 4.90 Å². The monoisotopic (exact) mass is 277 g/mol. The molecule has 0 aliphatic carbocycles. The van der Waals surface area contributed by atoms with Crippen molar-refractivity contribution in [2.45, 2.75) is 39.0 Å². The molecule has 110 valence electrons. The number of nitrogens with zero attached hydrogens (tertiary/aromatic N) is 1. The summed E-state index contributed by atoms with van der Waals surface area (Å²) in [4.78, 5) is 13.5. The molecule has 0 spiro atoms. The van der Waals surface area contributed by atoms with Crippen molar-refractivity contribution in [3.05, 3.63) is 29.8 Å². The predicted molar refractivity (Wildman–Crippen MR) is 79.6 cm³/mol. The molecule has 0 atom stereocenters. The Morgan fingerprint density at radius 2 is 1.95 bits per heavy atom. The second kappa shape index (κ2) is 5.71. The van der Waals surface area contributed by atoms with Gasteiger partial charge >= 0.3 is 6.09 Å². The second-order valence-electron chi connectivity index (χ2n) is 6.13. The highest BCUT2D eigenvalue weighted by atomic mass is 16.6. The first kappa shape index (κ1) is 14.7. The molecule has 1 aliphatic rings. The maximum Gasteiger partial charge on any atom is 0.410 e. The van der Waals surface area contributed by atoms with Gasteiger partial charge in [0.2, 0.25) is 0 Å². The number of hydrogen-bond donors (Lipinski definition) is 2. The summed E-state index contributed by atoms with van der Waals surface area (Å²) in [5, 5.41) is 3.39. The predicted octanol–water partition coefficient (Wildman–Crippen LogP) is 2.18. The molecule has 1 aromatic carbocycles. The van der Waals surface area contributed by atoms with Crippen LogP contribution in [0.1, 0.15) is 26.3 Å². The van der Waals surface area contributed by atoms with Gasteiger partial charge in [0.1, 0.15) is 5.60 Å². The third kappa shape index (κ3) is 3.87. The maximum atomic E-state index is 11.8. The average molecular weight is 277 g/mol. The maximum absolute atomic E-state index is 11.8. The van der Waals surface area contributed by atoms with Gasteiger partial charge in [0.15, 0.2) is 0 Å². The van der Waals surface area contributed by atoms with E-state index in [0.717, 1.165) is 11.3 Å². The number of benzene rings is 1. The van der Waals surface area contributed by atoms with E-state index in [-0.39, 0.29) is 12.1 Å². The number of amides is 1. The molecule has 2 rings (SSSR count). The Morgan fingerprint density at radius 3 is 2.45 bits per heavy atom. The van der Waals surface area contributed by atoms with Crippen LogP contribution in [0.15, 0.2) is 24.3 Å². The van der Waals surface area contributed by atoms with Crippen molar-refractivity contribution in [2.75, 3.05) is 18.4 Å². The normalized spacial score (nSPS) is 15.7. The minimum atomic E-state index is -0.437. The molecule has 5 nitrogen and oxygen atoms in total. The SMILES string of the molecule is CC(C)(C)OC(=O)N1CC(Nc2ccc(CN)cc2)C1. The van der Waals surface area contributed by atoms with Crippen LogP contribution in [0, 0.1) is 0 Å². The van der Waals surface area contributed by atoms with Gasteiger partial charge in [0.25, 0.3) is 0 Å². The lowest BCUT2D eigenvalue weighted by Crippen LogP contribution is -2.57. The summed E-state index contributed by atoms with van der Waals surface area (Å²) in [5.41, 5.74) is 7.29. The van der Waals surface area contributed by atoms with Gasteiger partial charge in [-0.2, -0.15) is 0 Å². The third-order valence-electron chi connectivity index (χ3n) is 3.09. The summed E-state index contributed by atoms with van der Waals surface area (Å²) in [6, 6.07) is 8.32. The molecule has 0 bridgehead atoms. The molecule has 5 heteroatoms. The molecule has 0 saturated carbocycles. The van der Waals surface area contributed by atoms with E-state index >= 15 is 0 Å². The van der Waals surface area contributed by atoms with Crippen LogP contribution in [0.25, 0.3) is 0 Å². The lowest BCUT2D eigenvalue weighted by molar-refractivity contribution is 0.0105. The number of hydrogen-bond acceptors (Lipinski definition) is 4. The molecule has 1 saturated heterocycles. The van der Waals surface area contributed by atoms with Crippen molar-refractivity contribution >= 4 is 11.8 Å². The summed E-state index contributed by atoms with van der Waals surface area (Å²) in [6.45, 7) is 7.52. The number of carbonyl (C=O) groups excluding carboxylic acids is 1. The van der Waals surface area contributed by atoms with Crippen molar-refractivity contribution in [2.24, 2.45) is 5.73 Å². The van der Waals surface area contributed by atoms with E-state index in [9.17, 15) is 4.79 Å². The number of anilines is 1. The molecule has 1 aromatic rings. The number of likely N-dealkylation sites (tertiary alicyclic amines) is 1. The average Bonchev–Trinajstić information content (AvgIpc) is 2.31. The number of nitrogens with one attached hydrogen (secondary N) is 1. The van der Waals surface area contributed by atoms with E-state index in [0.29, 0.717) is 19.6 Å². The quantitative estimate of drug-likeness (QED) is 0.888. The molecular weight excluding hydrogens is 254 g/mol. The standard InChI is InChI=1S/C15H23N3O2/c1-15(2,3)20-14(19)18-9-13(10-18)17-12-6-4-11(8-16)5-7-12/h4-7,13,17H,8-10,16H2,1-3H3. The van der Waals surface area contributed by atoms with Gasteiger partial charge in [-0.15, -0.1) is 0 Å². The molecule has 1 aliphatic heterocycles. The number of carbonyl (C=O) groups is 1. The van der Waals surface area contributed by atoms with Gasteiger partial charge in [-0.25, -0.2) is 4.79 Å². The Kier molecular flexibility index (Phi) is 4.18. The Labute approximate surface area is 120 Å². The first-order valence-electron chi connectivity index (χ1n) is 6.91. The lowest BCUT2D eigenvalue weighted by Gasteiger charge is -2.40. The molecule has 0 aromatic heterocycles. The molecular formula is C15H23N3O2. The first-order valence-corrected chi connectivity index (χ1v) is 6.91. The van der Waals surface area contributed by atoms with Crippen LogP contribution in [0.3, 0.4) is 0 Å². The minimum absolute atomic E-state index is 0.242. The fourth-order valence-electron chi connectivity index (χ4n) is 2.02. The van der Waals surface area contributed by atoms with Crippen LogP contribution in [0.2, 0.25) is 0 Å². The van der Waals surface area contributed by atoms with Gasteiger partial charge < -0.3 is 20.7 Å². The fourth-order valence-corrected chi connectivity index (χ4v) is 2.02. The van der Waals surface area contributed by atoms with Crippen LogP contribution < -0.4 is 11.1 Å². The third-order valence-corrected chi connectivity index (χ3v) is 3.09. The summed E-state index contributed by atoms with van der Waals surface area (Å²) in [5.74, 6) is 0. The number of rotatable bonds is 3. The van der Waals surface area contributed by atoms with Gasteiger partial charge in [-0.1, -0.05) is 12.1 Å².